The zero-order valence-electron chi connectivity index (χ0n) is 10.3. The average Bonchev–Trinajstić information content (AvgIpc) is 3.12. The number of carbonyl (C=O) groups is 1. The van der Waals surface area contributed by atoms with Crippen molar-refractivity contribution < 1.29 is 9.53 Å². The fraction of sp³-hybridized carbons (Fsp3) is 0.533. The monoisotopic (exact) mass is 243 g/mol. The molecule has 3 heteroatoms. The van der Waals surface area contributed by atoms with Crippen LogP contribution in [0.25, 0.3) is 0 Å². The van der Waals surface area contributed by atoms with Gasteiger partial charge in [0.15, 0.2) is 5.78 Å². The highest BCUT2D eigenvalue weighted by atomic mass is 16.5. The summed E-state index contributed by atoms with van der Waals surface area (Å²) >= 11 is 0. The lowest BCUT2D eigenvalue weighted by atomic mass is 9.83. The van der Waals surface area contributed by atoms with Crippen molar-refractivity contribution in [3.63, 3.8) is 0 Å². The normalized spacial score (nSPS) is 32.3. The topological polar surface area (TPSA) is 38.3 Å². The van der Waals surface area contributed by atoms with E-state index in [2.05, 4.69) is 5.32 Å². The van der Waals surface area contributed by atoms with Gasteiger partial charge in [0.2, 0.25) is 0 Å². The molecule has 1 aromatic rings. The van der Waals surface area contributed by atoms with Crippen molar-refractivity contribution in [3.8, 4) is 5.75 Å². The van der Waals surface area contributed by atoms with E-state index in [9.17, 15) is 4.79 Å². The molecule has 0 radical (unpaired) electrons. The minimum atomic E-state index is 0.198. The largest absolute Gasteiger partial charge is 0.493 e. The smallest absolute Gasteiger partial charge is 0.167 e. The van der Waals surface area contributed by atoms with Crippen molar-refractivity contribution in [3.05, 3.63) is 29.3 Å². The third kappa shape index (κ3) is 1.50. The second kappa shape index (κ2) is 3.82. The van der Waals surface area contributed by atoms with Crippen LogP contribution in [-0.4, -0.2) is 24.5 Å². The average molecular weight is 243 g/mol. The molecule has 4 rings (SSSR count). The molecule has 3 heterocycles. The van der Waals surface area contributed by atoms with Gasteiger partial charge in [0.25, 0.3) is 0 Å². The molecule has 2 bridgehead atoms. The molecule has 0 aromatic heterocycles. The molecule has 1 aromatic carbocycles. The van der Waals surface area contributed by atoms with Crippen LogP contribution in [0, 0.1) is 5.92 Å². The fourth-order valence-corrected chi connectivity index (χ4v) is 3.67. The number of ketones is 1. The van der Waals surface area contributed by atoms with Crippen LogP contribution in [0.1, 0.15) is 35.2 Å². The predicted octanol–water partition coefficient (Wildman–Crippen LogP) is 1.94. The molecule has 94 valence electrons. The van der Waals surface area contributed by atoms with Gasteiger partial charge in [-0.15, -0.1) is 0 Å². The van der Waals surface area contributed by atoms with Crippen molar-refractivity contribution >= 4 is 5.78 Å². The molecule has 3 aliphatic heterocycles. The van der Waals surface area contributed by atoms with E-state index in [4.69, 9.17) is 4.74 Å². The van der Waals surface area contributed by atoms with Crippen LogP contribution < -0.4 is 10.1 Å². The molecule has 3 aliphatic rings. The van der Waals surface area contributed by atoms with Crippen molar-refractivity contribution in [2.45, 2.75) is 37.8 Å². The SMILES string of the molecule is O=C(c1ccc2c(c1)CCO2)C1CC2CCC1N2. The Hall–Kier alpha value is -1.35. The second-order valence-corrected chi connectivity index (χ2v) is 5.67. The minimum absolute atomic E-state index is 0.198. The van der Waals surface area contributed by atoms with Gasteiger partial charge in [-0.3, -0.25) is 4.79 Å². The lowest BCUT2D eigenvalue weighted by molar-refractivity contribution is 0.0901. The zero-order chi connectivity index (χ0) is 12.1. The van der Waals surface area contributed by atoms with Gasteiger partial charge < -0.3 is 10.1 Å². The van der Waals surface area contributed by atoms with Gasteiger partial charge in [0.05, 0.1) is 6.61 Å². The van der Waals surface area contributed by atoms with Crippen molar-refractivity contribution in [2.24, 2.45) is 5.92 Å². The molecule has 1 N–H and O–H groups in total. The Morgan fingerprint density at radius 2 is 2.28 bits per heavy atom. The molecular weight excluding hydrogens is 226 g/mol. The summed E-state index contributed by atoms with van der Waals surface area (Å²) < 4.78 is 5.48. The minimum Gasteiger partial charge on any atom is -0.493 e. The Morgan fingerprint density at radius 1 is 1.33 bits per heavy atom. The maximum Gasteiger partial charge on any atom is 0.167 e. The summed E-state index contributed by atoms with van der Waals surface area (Å²) in [5.74, 6) is 1.48. The predicted molar refractivity (Wildman–Crippen MR) is 68.0 cm³/mol. The van der Waals surface area contributed by atoms with Gasteiger partial charge in [-0.2, -0.15) is 0 Å². The summed E-state index contributed by atoms with van der Waals surface area (Å²) in [7, 11) is 0. The van der Waals surface area contributed by atoms with Gasteiger partial charge in [0, 0.05) is 30.0 Å². The third-order valence-corrected chi connectivity index (χ3v) is 4.61. The van der Waals surface area contributed by atoms with E-state index in [0.29, 0.717) is 17.9 Å². The zero-order valence-corrected chi connectivity index (χ0v) is 10.3. The van der Waals surface area contributed by atoms with Crippen molar-refractivity contribution in [1.82, 2.24) is 5.32 Å². The van der Waals surface area contributed by atoms with Crippen LogP contribution in [0.2, 0.25) is 0 Å². The van der Waals surface area contributed by atoms with Crippen LogP contribution in [0.3, 0.4) is 0 Å². The summed E-state index contributed by atoms with van der Waals surface area (Å²) in [6, 6.07) is 6.93. The van der Waals surface area contributed by atoms with Crippen LogP contribution in [0.15, 0.2) is 18.2 Å². The maximum atomic E-state index is 12.6. The van der Waals surface area contributed by atoms with Crippen molar-refractivity contribution in [2.75, 3.05) is 6.61 Å². The molecule has 2 saturated heterocycles. The van der Waals surface area contributed by atoms with Crippen LogP contribution in [0.4, 0.5) is 0 Å². The highest BCUT2D eigenvalue weighted by molar-refractivity contribution is 5.99. The number of hydrogen-bond donors (Lipinski definition) is 1. The van der Waals surface area contributed by atoms with Gasteiger partial charge >= 0.3 is 0 Å². The lowest BCUT2D eigenvalue weighted by Crippen LogP contribution is -2.28. The molecule has 3 nitrogen and oxygen atoms in total. The Kier molecular flexibility index (Phi) is 2.24. The number of nitrogens with one attached hydrogen (secondary N) is 1. The van der Waals surface area contributed by atoms with E-state index in [-0.39, 0.29) is 5.92 Å². The molecule has 0 aliphatic carbocycles. The van der Waals surface area contributed by atoms with Crippen molar-refractivity contribution in [1.29, 1.82) is 0 Å². The number of ether oxygens (including phenoxy) is 1. The van der Waals surface area contributed by atoms with Crippen LogP contribution in [0.5, 0.6) is 5.75 Å². The van der Waals surface area contributed by atoms with E-state index < -0.39 is 0 Å². The van der Waals surface area contributed by atoms with E-state index in [0.717, 1.165) is 37.2 Å². The van der Waals surface area contributed by atoms with Gasteiger partial charge in [0.1, 0.15) is 5.75 Å². The highest BCUT2D eigenvalue weighted by Gasteiger charge is 2.42. The Bertz CT molecular complexity index is 511. The van der Waals surface area contributed by atoms with E-state index in [1.165, 1.54) is 12.0 Å². The molecule has 0 amide bonds. The summed E-state index contributed by atoms with van der Waals surface area (Å²) in [6.07, 6.45) is 4.37. The highest BCUT2D eigenvalue weighted by Crippen LogP contribution is 2.36. The van der Waals surface area contributed by atoms with E-state index >= 15 is 0 Å². The first kappa shape index (κ1) is 10.6. The molecule has 0 saturated carbocycles. The third-order valence-electron chi connectivity index (χ3n) is 4.61. The van der Waals surface area contributed by atoms with E-state index in [1.54, 1.807) is 0 Å². The molecule has 18 heavy (non-hydrogen) atoms. The number of carbonyl (C=O) groups excluding carboxylic acids is 1. The van der Waals surface area contributed by atoms with E-state index in [1.807, 2.05) is 18.2 Å². The maximum absolute atomic E-state index is 12.6. The Labute approximate surface area is 107 Å². The van der Waals surface area contributed by atoms with Crippen LogP contribution >= 0.6 is 0 Å². The Balaban J connectivity index is 1.61. The summed E-state index contributed by atoms with van der Waals surface area (Å²) in [4.78, 5) is 12.6. The first-order valence-electron chi connectivity index (χ1n) is 6.87. The van der Waals surface area contributed by atoms with Gasteiger partial charge in [-0.05, 0) is 43.0 Å². The van der Waals surface area contributed by atoms with Gasteiger partial charge in [-0.1, -0.05) is 0 Å². The molecule has 2 fully saturated rings. The first-order chi connectivity index (χ1) is 8.81. The van der Waals surface area contributed by atoms with Gasteiger partial charge in [-0.25, -0.2) is 0 Å². The standard InChI is InChI=1S/C15H17NO2/c17-15(12-8-11-2-3-13(12)16-11)10-1-4-14-9(7-10)5-6-18-14/h1,4,7,11-13,16H,2-3,5-6,8H2. The first-order valence-corrected chi connectivity index (χ1v) is 6.87. The molecule has 3 atom stereocenters. The fourth-order valence-electron chi connectivity index (χ4n) is 3.67. The number of Topliss-reactive ketones (excluding diaryl/α,β-unsaturated/α-hetero) is 1. The number of fused-ring (bicyclic) bond motifs is 3. The second-order valence-electron chi connectivity index (χ2n) is 5.67. The summed E-state index contributed by atoms with van der Waals surface area (Å²) in [5, 5.41) is 3.54. The van der Waals surface area contributed by atoms with Crippen LogP contribution in [-0.2, 0) is 6.42 Å². The Morgan fingerprint density at radius 3 is 3.06 bits per heavy atom. The molecular formula is C15H17NO2. The lowest BCUT2D eigenvalue weighted by Gasteiger charge is -2.19. The number of benzene rings is 1. The molecule has 3 unspecified atom stereocenters. The number of rotatable bonds is 2. The number of hydrogen-bond acceptors (Lipinski definition) is 3. The quantitative estimate of drug-likeness (QED) is 0.807. The molecule has 0 spiro atoms. The summed E-state index contributed by atoms with van der Waals surface area (Å²) in [6.45, 7) is 0.753. The summed E-state index contributed by atoms with van der Waals surface area (Å²) in [5.41, 5.74) is 2.07.